The Bertz CT molecular complexity index is 800. The third-order valence-corrected chi connectivity index (χ3v) is 7.65. The van der Waals surface area contributed by atoms with Gasteiger partial charge in [0.25, 0.3) is 0 Å². The lowest BCUT2D eigenvalue weighted by Crippen LogP contribution is -2.29. The van der Waals surface area contributed by atoms with Crippen LogP contribution in [0.2, 0.25) is 0 Å². The van der Waals surface area contributed by atoms with Gasteiger partial charge in [-0.1, -0.05) is 39.0 Å². The first-order chi connectivity index (χ1) is 12.2. The van der Waals surface area contributed by atoms with E-state index in [1.165, 1.54) is 81.3 Å². The number of halogens is 1. The van der Waals surface area contributed by atoms with Gasteiger partial charge in [0, 0.05) is 17.0 Å². The quantitative estimate of drug-likeness (QED) is 0.762. The van der Waals surface area contributed by atoms with E-state index >= 15 is 0 Å². The molecule has 1 spiro atoms. The molecule has 1 N–H and O–H groups in total. The minimum atomic E-state index is 0.321. The van der Waals surface area contributed by atoms with Crippen LogP contribution in [0.15, 0.2) is 10.7 Å². The van der Waals surface area contributed by atoms with Crippen molar-refractivity contribution >= 4 is 27.4 Å². The highest BCUT2D eigenvalue weighted by molar-refractivity contribution is 9.10. The van der Waals surface area contributed by atoms with Crippen LogP contribution in [0.4, 0.5) is 5.82 Å². The largest absolute Gasteiger partial charge is 0.367 e. The van der Waals surface area contributed by atoms with Crippen molar-refractivity contribution in [2.75, 3.05) is 5.32 Å². The average Bonchev–Trinajstić information content (AvgIpc) is 3.38. The lowest BCUT2D eigenvalue weighted by Gasteiger charge is -2.30. The Hall–Kier alpha value is -1.10. The molecule has 2 fully saturated rings. The molecule has 0 amide bonds. The van der Waals surface area contributed by atoms with Crippen LogP contribution in [0.25, 0.3) is 5.65 Å². The highest BCUT2D eigenvalue weighted by Gasteiger charge is 2.50. The number of rotatable bonds is 3. The predicted molar refractivity (Wildman–Crippen MR) is 104 cm³/mol. The van der Waals surface area contributed by atoms with E-state index in [-0.39, 0.29) is 0 Å². The Labute approximate surface area is 157 Å². The fraction of sp³-hybridized carbons (Fsp3) is 0.700. The Morgan fingerprint density at radius 3 is 2.72 bits per heavy atom. The maximum atomic E-state index is 5.20. The molecule has 2 aromatic rings. The minimum absolute atomic E-state index is 0.321. The molecule has 4 nitrogen and oxygen atoms in total. The molecule has 0 bridgehead atoms. The van der Waals surface area contributed by atoms with Gasteiger partial charge in [-0.2, -0.15) is 9.61 Å². The van der Waals surface area contributed by atoms with E-state index in [1.54, 1.807) is 0 Å². The van der Waals surface area contributed by atoms with Crippen LogP contribution in [-0.2, 0) is 11.8 Å². The van der Waals surface area contributed by atoms with Crippen molar-refractivity contribution in [2.45, 2.75) is 82.6 Å². The predicted octanol–water partition coefficient (Wildman–Crippen LogP) is 5.24. The zero-order valence-electron chi connectivity index (χ0n) is 15.0. The molecule has 2 saturated carbocycles. The highest BCUT2D eigenvalue weighted by atomic mass is 79.9. The fourth-order valence-corrected chi connectivity index (χ4v) is 6.19. The maximum absolute atomic E-state index is 5.20. The summed E-state index contributed by atoms with van der Waals surface area (Å²) in [5.41, 5.74) is 4.17. The van der Waals surface area contributed by atoms with Crippen LogP contribution < -0.4 is 5.32 Å². The number of anilines is 1. The summed E-state index contributed by atoms with van der Waals surface area (Å²) in [7, 11) is 0. The van der Waals surface area contributed by atoms with Gasteiger partial charge in [0.15, 0.2) is 5.65 Å². The van der Waals surface area contributed by atoms with Gasteiger partial charge in [-0.25, -0.2) is 4.98 Å². The van der Waals surface area contributed by atoms with E-state index in [2.05, 4.69) is 37.8 Å². The van der Waals surface area contributed by atoms with Crippen molar-refractivity contribution in [3.8, 4) is 0 Å². The molecular weight excluding hydrogens is 376 g/mol. The van der Waals surface area contributed by atoms with Gasteiger partial charge in [0.2, 0.25) is 0 Å². The Kier molecular flexibility index (Phi) is 3.84. The molecule has 1 unspecified atom stereocenters. The number of aromatic nitrogens is 3. The summed E-state index contributed by atoms with van der Waals surface area (Å²) in [5.74, 6) is 1.98. The van der Waals surface area contributed by atoms with Crippen LogP contribution in [0.3, 0.4) is 0 Å². The molecule has 1 atom stereocenters. The third kappa shape index (κ3) is 2.30. The van der Waals surface area contributed by atoms with E-state index in [0.717, 1.165) is 16.0 Å². The molecule has 3 aliphatic carbocycles. The molecule has 5 heteroatoms. The van der Waals surface area contributed by atoms with E-state index in [9.17, 15) is 0 Å². The first-order valence-electron chi connectivity index (χ1n) is 10.1. The lowest BCUT2D eigenvalue weighted by atomic mass is 9.74. The summed E-state index contributed by atoms with van der Waals surface area (Å²) >= 11 is 3.68. The molecule has 2 heterocycles. The summed E-state index contributed by atoms with van der Waals surface area (Å²) < 4.78 is 3.07. The van der Waals surface area contributed by atoms with Gasteiger partial charge in [0.05, 0.1) is 16.4 Å². The van der Waals surface area contributed by atoms with Crippen molar-refractivity contribution in [3.63, 3.8) is 0 Å². The first kappa shape index (κ1) is 16.1. The normalized spacial score (nSPS) is 25.3. The fourth-order valence-electron chi connectivity index (χ4n) is 5.84. The zero-order valence-corrected chi connectivity index (χ0v) is 16.6. The van der Waals surface area contributed by atoms with Gasteiger partial charge < -0.3 is 5.32 Å². The second-order valence-corrected chi connectivity index (χ2v) is 9.17. The average molecular weight is 403 g/mol. The van der Waals surface area contributed by atoms with E-state index in [4.69, 9.17) is 4.98 Å². The molecule has 3 aliphatic rings. The van der Waals surface area contributed by atoms with Crippen LogP contribution in [0.5, 0.6) is 0 Å². The summed E-state index contributed by atoms with van der Waals surface area (Å²) in [5, 5.41) is 8.54. The van der Waals surface area contributed by atoms with Gasteiger partial charge in [-0.3, -0.25) is 0 Å². The Balaban J connectivity index is 1.70. The van der Waals surface area contributed by atoms with Gasteiger partial charge in [-0.15, -0.1) is 0 Å². The third-order valence-electron chi connectivity index (χ3n) is 7.09. The standard InChI is InChI=1S/C20H27BrN4/c1-2-13-11-15-17(20(13)9-5-6-10-20)24-19-16(21)12-22-25(19)18(15)23-14-7-3-4-8-14/h12-14,23H,2-11H2,1H3. The Morgan fingerprint density at radius 1 is 1.24 bits per heavy atom. The van der Waals surface area contributed by atoms with Gasteiger partial charge in [-0.05, 0) is 54.0 Å². The SMILES string of the molecule is CCC1Cc2c(nc3c(Br)cnn3c2NC2CCCC2)C12CCCC2. The molecule has 0 aromatic carbocycles. The molecule has 0 saturated heterocycles. The number of hydrogen-bond donors (Lipinski definition) is 1. The molecule has 0 aliphatic heterocycles. The van der Waals surface area contributed by atoms with E-state index < -0.39 is 0 Å². The van der Waals surface area contributed by atoms with E-state index in [0.29, 0.717) is 11.5 Å². The smallest absolute Gasteiger partial charge is 0.171 e. The molecular formula is C20H27BrN4. The second kappa shape index (κ2) is 5.97. The summed E-state index contributed by atoms with van der Waals surface area (Å²) in [4.78, 5) is 5.20. The van der Waals surface area contributed by atoms with Crippen LogP contribution >= 0.6 is 15.9 Å². The van der Waals surface area contributed by atoms with Gasteiger partial charge >= 0.3 is 0 Å². The first-order valence-corrected chi connectivity index (χ1v) is 10.9. The summed E-state index contributed by atoms with van der Waals surface area (Å²) in [6.45, 7) is 2.36. The highest BCUT2D eigenvalue weighted by Crippen LogP contribution is 2.55. The number of fused-ring (bicyclic) bond motifs is 3. The van der Waals surface area contributed by atoms with Crippen LogP contribution in [-0.4, -0.2) is 20.6 Å². The van der Waals surface area contributed by atoms with Crippen molar-refractivity contribution < 1.29 is 0 Å². The van der Waals surface area contributed by atoms with Crippen molar-refractivity contribution in [3.05, 3.63) is 21.9 Å². The summed E-state index contributed by atoms with van der Waals surface area (Å²) in [6, 6.07) is 0.595. The van der Waals surface area contributed by atoms with Crippen molar-refractivity contribution in [1.29, 1.82) is 0 Å². The molecule has 134 valence electrons. The van der Waals surface area contributed by atoms with E-state index in [1.807, 2.05) is 6.20 Å². The number of hydrogen-bond acceptors (Lipinski definition) is 3. The molecule has 2 aromatic heterocycles. The topological polar surface area (TPSA) is 42.2 Å². The van der Waals surface area contributed by atoms with Crippen molar-refractivity contribution in [2.24, 2.45) is 5.92 Å². The van der Waals surface area contributed by atoms with Crippen LogP contribution in [0.1, 0.15) is 76.0 Å². The summed E-state index contributed by atoms with van der Waals surface area (Å²) in [6.07, 6.45) is 14.9. The molecule has 5 rings (SSSR count). The molecule has 0 radical (unpaired) electrons. The number of nitrogens with one attached hydrogen (secondary N) is 1. The number of nitrogens with zero attached hydrogens (tertiary/aromatic N) is 3. The minimum Gasteiger partial charge on any atom is -0.367 e. The van der Waals surface area contributed by atoms with Crippen molar-refractivity contribution in [1.82, 2.24) is 14.6 Å². The zero-order chi connectivity index (χ0) is 17.0. The lowest BCUT2D eigenvalue weighted by molar-refractivity contribution is 0.286. The van der Waals surface area contributed by atoms with Crippen LogP contribution in [0, 0.1) is 5.92 Å². The monoisotopic (exact) mass is 402 g/mol. The maximum Gasteiger partial charge on any atom is 0.171 e. The second-order valence-electron chi connectivity index (χ2n) is 8.31. The Morgan fingerprint density at radius 2 is 2.00 bits per heavy atom. The molecule has 25 heavy (non-hydrogen) atoms. The van der Waals surface area contributed by atoms with Gasteiger partial charge in [0.1, 0.15) is 5.82 Å².